The van der Waals surface area contributed by atoms with Crippen LogP contribution in [0.15, 0.2) is 42.5 Å². The van der Waals surface area contributed by atoms with E-state index >= 15 is 0 Å². The molecule has 0 amide bonds. The summed E-state index contributed by atoms with van der Waals surface area (Å²) in [6.07, 6.45) is 0. The van der Waals surface area contributed by atoms with Crippen molar-refractivity contribution in [1.29, 1.82) is 0 Å². The van der Waals surface area contributed by atoms with Crippen molar-refractivity contribution in [3.63, 3.8) is 0 Å². The smallest absolute Gasteiger partial charge is 0.387 e. The summed E-state index contributed by atoms with van der Waals surface area (Å²) in [7, 11) is -3.69. The van der Waals surface area contributed by atoms with Gasteiger partial charge in [-0.05, 0) is 42.3 Å². The molecule has 0 aliphatic heterocycles. The molecule has 4 nitrogen and oxygen atoms in total. The molecule has 0 spiro atoms. The first kappa shape index (κ1) is 19.9. The highest BCUT2D eigenvalue weighted by molar-refractivity contribution is 7.88. The number of hydrogen-bond acceptors (Lipinski definition) is 3. The number of benzene rings is 2. The molecule has 2 aromatic carbocycles. The Hall–Kier alpha value is -1.41. The van der Waals surface area contributed by atoms with Gasteiger partial charge in [0.25, 0.3) is 0 Å². The lowest BCUT2D eigenvalue weighted by atomic mass is 10.1. The van der Waals surface area contributed by atoms with Crippen LogP contribution in [-0.2, 0) is 15.8 Å². The molecule has 0 heterocycles. The summed E-state index contributed by atoms with van der Waals surface area (Å²) in [6.45, 7) is -1.34. The average molecular weight is 410 g/mol. The Kier molecular flexibility index (Phi) is 6.62. The van der Waals surface area contributed by atoms with Crippen molar-refractivity contribution >= 4 is 33.2 Å². The van der Waals surface area contributed by atoms with E-state index in [0.717, 1.165) is 0 Å². The molecule has 2 aromatic rings. The molecular formula is C16H15Cl2F2NO3S. The minimum Gasteiger partial charge on any atom is -0.435 e. The first-order valence-corrected chi connectivity index (χ1v) is 9.56. The molecule has 0 saturated carbocycles. The molecule has 0 aliphatic rings. The number of halogens is 4. The SMILES string of the molecule is CC(NS(=O)(=O)Cc1ccc(Cl)c(Cl)c1)c1cccc(OC(F)F)c1. The van der Waals surface area contributed by atoms with E-state index in [9.17, 15) is 17.2 Å². The Labute approximate surface area is 154 Å². The summed E-state index contributed by atoms with van der Waals surface area (Å²) in [6, 6.07) is 9.78. The van der Waals surface area contributed by atoms with Crippen LogP contribution in [0.3, 0.4) is 0 Å². The molecule has 136 valence electrons. The fourth-order valence-electron chi connectivity index (χ4n) is 2.19. The highest BCUT2D eigenvalue weighted by atomic mass is 35.5. The minimum absolute atomic E-state index is 0.0389. The second-order valence-electron chi connectivity index (χ2n) is 5.30. The van der Waals surface area contributed by atoms with Gasteiger partial charge in [0.15, 0.2) is 0 Å². The standard InChI is InChI=1S/C16H15Cl2F2NO3S/c1-10(12-3-2-4-13(8-12)24-16(19)20)21-25(22,23)9-11-5-6-14(17)15(18)7-11/h2-8,10,16,21H,9H2,1H3. The summed E-state index contributed by atoms with van der Waals surface area (Å²) in [4.78, 5) is 0. The fourth-order valence-corrected chi connectivity index (χ4v) is 3.89. The lowest BCUT2D eigenvalue weighted by molar-refractivity contribution is -0.0499. The van der Waals surface area contributed by atoms with E-state index in [-0.39, 0.29) is 16.5 Å². The number of rotatable bonds is 7. The van der Waals surface area contributed by atoms with Gasteiger partial charge in [0.05, 0.1) is 15.8 Å². The Morgan fingerprint density at radius 2 is 1.84 bits per heavy atom. The van der Waals surface area contributed by atoms with Crippen LogP contribution >= 0.6 is 23.2 Å². The zero-order chi connectivity index (χ0) is 18.6. The van der Waals surface area contributed by atoms with Gasteiger partial charge in [-0.15, -0.1) is 0 Å². The predicted molar refractivity (Wildman–Crippen MR) is 93.7 cm³/mol. The topological polar surface area (TPSA) is 55.4 Å². The molecule has 0 aromatic heterocycles. The molecule has 1 atom stereocenters. The zero-order valence-corrected chi connectivity index (χ0v) is 15.4. The van der Waals surface area contributed by atoms with E-state index in [4.69, 9.17) is 23.2 Å². The molecule has 0 fully saturated rings. The lowest BCUT2D eigenvalue weighted by Crippen LogP contribution is -2.28. The molecule has 9 heteroatoms. The molecule has 0 aliphatic carbocycles. The van der Waals surface area contributed by atoms with Crippen LogP contribution in [0.5, 0.6) is 5.75 Å². The van der Waals surface area contributed by atoms with Crippen molar-refractivity contribution in [1.82, 2.24) is 4.72 Å². The maximum Gasteiger partial charge on any atom is 0.387 e. The van der Waals surface area contributed by atoms with Gasteiger partial charge in [-0.1, -0.05) is 41.4 Å². The van der Waals surface area contributed by atoms with Gasteiger partial charge < -0.3 is 4.74 Å². The fraction of sp³-hybridized carbons (Fsp3) is 0.250. The normalized spacial score (nSPS) is 13.0. The van der Waals surface area contributed by atoms with Crippen molar-refractivity contribution in [2.24, 2.45) is 0 Å². The second kappa shape index (κ2) is 8.31. The van der Waals surface area contributed by atoms with Crippen LogP contribution in [0.25, 0.3) is 0 Å². The minimum atomic E-state index is -3.69. The quantitative estimate of drug-likeness (QED) is 0.715. The molecule has 0 radical (unpaired) electrons. The number of sulfonamides is 1. The highest BCUT2D eigenvalue weighted by Crippen LogP contribution is 2.25. The largest absolute Gasteiger partial charge is 0.435 e. The van der Waals surface area contributed by atoms with Crippen LogP contribution < -0.4 is 9.46 Å². The third kappa shape index (κ3) is 6.11. The molecule has 0 bridgehead atoms. The second-order valence-corrected chi connectivity index (χ2v) is 7.87. The predicted octanol–water partition coefficient (Wildman–Crippen LogP) is 4.78. The van der Waals surface area contributed by atoms with Crippen molar-refractivity contribution in [2.45, 2.75) is 25.3 Å². The summed E-state index contributed by atoms with van der Waals surface area (Å²) in [5.74, 6) is -0.329. The van der Waals surface area contributed by atoms with E-state index < -0.39 is 22.7 Å². The molecule has 2 rings (SSSR count). The van der Waals surface area contributed by atoms with Gasteiger partial charge in [0.2, 0.25) is 10.0 Å². The number of hydrogen-bond donors (Lipinski definition) is 1. The Bertz CT molecular complexity index is 847. The van der Waals surface area contributed by atoms with E-state index in [1.165, 1.54) is 30.3 Å². The number of ether oxygens (including phenoxy) is 1. The van der Waals surface area contributed by atoms with Gasteiger partial charge in [0.1, 0.15) is 5.75 Å². The zero-order valence-electron chi connectivity index (χ0n) is 13.0. The Morgan fingerprint density at radius 3 is 2.48 bits per heavy atom. The van der Waals surface area contributed by atoms with E-state index in [0.29, 0.717) is 16.1 Å². The lowest BCUT2D eigenvalue weighted by Gasteiger charge is -2.16. The summed E-state index contributed by atoms with van der Waals surface area (Å²) >= 11 is 11.7. The summed E-state index contributed by atoms with van der Waals surface area (Å²) in [5, 5.41) is 0.597. The summed E-state index contributed by atoms with van der Waals surface area (Å²) in [5.41, 5.74) is 0.972. The Balaban J connectivity index is 2.10. The van der Waals surface area contributed by atoms with Gasteiger partial charge in [-0.25, -0.2) is 13.1 Å². The van der Waals surface area contributed by atoms with Gasteiger partial charge in [0, 0.05) is 6.04 Å². The molecule has 0 saturated heterocycles. The average Bonchev–Trinajstić information content (AvgIpc) is 2.50. The molecule has 25 heavy (non-hydrogen) atoms. The van der Waals surface area contributed by atoms with E-state index in [2.05, 4.69) is 9.46 Å². The number of nitrogens with one attached hydrogen (secondary N) is 1. The van der Waals surface area contributed by atoms with Gasteiger partial charge in [-0.2, -0.15) is 8.78 Å². The first-order chi connectivity index (χ1) is 11.7. The monoisotopic (exact) mass is 409 g/mol. The van der Waals surface area contributed by atoms with E-state index in [1.807, 2.05) is 0 Å². The molecule has 1 unspecified atom stereocenters. The highest BCUT2D eigenvalue weighted by Gasteiger charge is 2.18. The van der Waals surface area contributed by atoms with Gasteiger partial charge >= 0.3 is 6.61 Å². The van der Waals surface area contributed by atoms with Crippen molar-refractivity contribution < 1.29 is 21.9 Å². The third-order valence-corrected chi connectivity index (χ3v) is 5.45. The van der Waals surface area contributed by atoms with Crippen LogP contribution in [0, 0.1) is 0 Å². The van der Waals surface area contributed by atoms with Crippen LogP contribution in [0.4, 0.5) is 8.78 Å². The number of alkyl halides is 2. The Morgan fingerprint density at radius 1 is 1.12 bits per heavy atom. The summed E-state index contributed by atoms with van der Waals surface area (Å²) < 4.78 is 56.0. The van der Waals surface area contributed by atoms with Crippen LogP contribution in [0.1, 0.15) is 24.1 Å². The van der Waals surface area contributed by atoms with Crippen molar-refractivity contribution in [3.05, 3.63) is 63.6 Å². The van der Waals surface area contributed by atoms with Crippen LogP contribution in [-0.4, -0.2) is 15.0 Å². The van der Waals surface area contributed by atoms with Crippen molar-refractivity contribution in [2.75, 3.05) is 0 Å². The maximum atomic E-state index is 12.3. The third-order valence-electron chi connectivity index (χ3n) is 3.28. The van der Waals surface area contributed by atoms with Gasteiger partial charge in [-0.3, -0.25) is 0 Å². The van der Waals surface area contributed by atoms with E-state index in [1.54, 1.807) is 19.1 Å². The first-order valence-electron chi connectivity index (χ1n) is 7.15. The molecule has 1 N–H and O–H groups in total. The van der Waals surface area contributed by atoms with Crippen LogP contribution in [0.2, 0.25) is 10.0 Å². The maximum absolute atomic E-state index is 12.3. The molecular weight excluding hydrogens is 395 g/mol. The van der Waals surface area contributed by atoms with Crippen molar-refractivity contribution in [3.8, 4) is 5.75 Å².